The Hall–Kier alpha value is -3.88. The zero-order valence-corrected chi connectivity index (χ0v) is 21.8. The number of carbonyl (C=O) groups is 2. The van der Waals surface area contributed by atoms with Crippen molar-refractivity contribution in [1.29, 1.82) is 0 Å². The molecule has 2 amide bonds. The van der Waals surface area contributed by atoms with Gasteiger partial charge in [0, 0.05) is 45.1 Å². The summed E-state index contributed by atoms with van der Waals surface area (Å²) < 4.78 is 0.940. The first kappa shape index (κ1) is 24.8. The fourth-order valence-corrected chi connectivity index (χ4v) is 4.72. The molecule has 0 saturated heterocycles. The fraction of sp³-hybridized carbons (Fsp3) is 0.107. The number of hydrogen-bond acceptors (Lipinski definition) is 5. The second-order valence-corrected chi connectivity index (χ2v) is 9.91. The van der Waals surface area contributed by atoms with Crippen LogP contribution >= 0.6 is 27.5 Å². The Kier molecular flexibility index (Phi) is 7.39. The fourth-order valence-electron chi connectivity index (χ4n) is 4.11. The van der Waals surface area contributed by atoms with Crippen molar-refractivity contribution in [3.63, 3.8) is 0 Å². The standard InChI is InChI=1S/C28H21BrClN5O2/c29-20-3-1-2-17(10-20)11-25-28(37)35-24-13-21(30)6-9-23(24)27(34-25)19-4-7-22(8-5-19)33-26(36)12-18-14-31-16-32-15-18/h1-10,13-16,25H,11-12H2,(H,33,36)(H,35,37). The van der Waals surface area contributed by atoms with Gasteiger partial charge >= 0.3 is 0 Å². The normalized spacial score (nSPS) is 14.7. The number of benzene rings is 3. The third-order valence-corrected chi connectivity index (χ3v) is 6.55. The third kappa shape index (κ3) is 6.10. The summed E-state index contributed by atoms with van der Waals surface area (Å²) in [5, 5.41) is 6.40. The Bertz CT molecular complexity index is 1490. The number of carbonyl (C=O) groups excluding carboxylic acids is 2. The summed E-state index contributed by atoms with van der Waals surface area (Å²) in [5.74, 6) is -0.370. The van der Waals surface area contributed by atoms with Crippen LogP contribution in [0.1, 0.15) is 22.3 Å². The van der Waals surface area contributed by atoms with Crippen molar-refractivity contribution in [2.24, 2.45) is 4.99 Å². The van der Waals surface area contributed by atoms with E-state index < -0.39 is 6.04 Å². The van der Waals surface area contributed by atoms with Gasteiger partial charge in [-0.15, -0.1) is 0 Å². The first-order valence-electron chi connectivity index (χ1n) is 11.5. The van der Waals surface area contributed by atoms with Crippen LogP contribution in [-0.2, 0) is 22.4 Å². The highest BCUT2D eigenvalue weighted by Crippen LogP contribution is 2.29. The number of nitrogens with zero attached hydrogens (tertiary/aromatic N) is 3. The van der Waals surface area contributed by atoms with Gasteiger partial charge in [-0.1, -0.05) is 51.8 Å². The molecule has 1 aromatic heterocycles. The van der Waals surface area contributed by atoms with Crippen molar-refractivity contribution in [1.82, 2.24) is 9.97 Å². The van der Waals surface area contributed by atoms with Gasteiger partial charge in [-0.3, -0.25) is 14.6 Å². The lowest BCUT2D eigenvalue weighted by molar-refractivity contribution is -0.117. The Morgan fingerprint density at radius 1 is 1.00 bits per heavy atom. The van der Waals surface area contributed by atoms with Crippen LogP contribution in [0.3, 0.4) is 0 Å². The molecule has 3 aromatic carbocycles. The van der Waals surface area contributed by atoms with E-state index in [4.69, 9.17) is 16.6 Å². The summed E-state index contributed by atoms with van der Waals surface area (Å²) in [5.41, 5.74) is 5.23. The highest BCUT2D eigenvalue weighted by Gasteiger charge is 2.26. The quantitative estimate of drug-likeness (QED) is 0.319. The number of amides is 2. The maximum atomic E-state index is 13.2. The molecule has 1 unspecified atom stereocenters. The SMILES string of the molecule is O=C(Cc1cncnc1)Nc1ccc(C2=NC(Cc3cccc(Br)c3)C(=O)Nc3cc(Cl)ccc32)cc1. The summed E-state index contributed by atoms with van der Waals surface area (Å²) >= 11 is 9.73. The molecular weight excluding hydrogens is 554 g/mol. The molecule has 1 atom stereocenters. The first-order valence-corrected chi connectivity index (χ1v) is 12.7. The van der Waals surface area contributed by atoms with Gasteiger partial charge in [0.15, 0.2) is 0 Å². The molecular formula is C28H21BrClN5O2. The molecule has 9 heteroatoms. The highest BCUT2D eigenvalue weighted by atomic mass is 79.9. The molecule has 0 aliphatic carbocycles. The van der Waals surface area contributed by atoms with Crippen LogP contribution in [0.25, 0.3) is 0 Å². The monoisotopic (exact) mass is 573 g/mol. The Morgan fingerprint density at radius 3 is 2.54 bits per heavy atom. The number of rotatable bonds is 6. The summed E-state index contributed by atoms with van der Waals surface area (Å²) in [6, 6.07) is 20.0. The predicted octanol–water partition coefficient (Wildman–Crippen LogP) is 5.47. The molecule has 0 spiro atoms. The van der Waals surface area contributed by atoms with E-state index in [1.54, 1.807) is 24.5 Å². The molecule has 0 bridgehead atoms. The predicted molar refractivity (Wildman–Crippen MR) is 148 cm³/mol. The van der Waals surface area contributed by atoms with Gasteiger partial charge in [0.05, 0.1) is 17.8 Å². The van der Waals surface area contributed by atoms with E-state index in [9.17, 15) is 9.59 Å². The number of hydrogen-bond donors (Lipinski definition) is 2. The minimum Gasteiger partial charge on any atom is -0.326 e. The van der Waals surface area contributed by atoms with Gasteiger partial charge in [-0.2, -0.15) is 0 Å². The molecule has 4 aromatic rings. The average molecular weight is 575 g/mol. The highest BCUT2D eigenvalue weighted by molar-refractivity contribution is 9.10. The zero-order valence-electron chi connectivity index (χ0n) is 19.5. The molecule has 2 heterocycles. The number of benzodiazepines with no additional fused rings is 1. The van der Waals surface area contributed by atoms with E-state index in [1.165, 1.54) is 6.33 Å². The summed E-state index contributed by atoms with van der Waals surface area (Å²) in [7, 11) is 0. The molecule has 5 rings (SSSR count). The maximum Gasteiger partial charge on any atom is 0.249 e. The molecule has 1 aliphatic rings. The number of aromatic nitrogens is 2. The van der Waals surface area contributed by atoms with Crippen LogP contribution in [0, 0.1) is 0 Å². The van der Waals surface area contributed by atoms with Gasteiger partial charge in [-0.25, -0.2) is 9.97 Å². The number of anilines is 2. The minimum atomic E-state index is -0.636. The summed E-state index contributed by atoms with van der Waals surface area (Å²) in [6.07, 6.45) is 5.27. The van der Waals surface area contributed by atoms with Crippen molar-refractivity contribution in [2.45, 2.75) is 18.9 Å². The van der Waals surface area contributed by atoms with E-state index in [0.717, 1.165) is 26.7 Å². The van der Waals surface area contributed by atoms with Gasteiger partial charge in [-0.05, 0) is 53.6 Å². The van der Waals surface area contributed by atoms with E-state index in [2.05, 4.69) is 36.5 Å². The molecule has 2 N–H and O–H groups in total. The Labute approximate surface area is 227 Å². The van der Waals surface area contributed by atoms with E-state index in [-0.39, 0.29) is 18.2 Å². The zero-order chi connectivity index (χ0) is 25.8. The lowest BCUT2D eigenvalue weighted by Gasteiger charge is -2.12. The van der Waals surface area contributed by atoms with Crippen molar-refractivity contribution < 1.29 is 9.59 Å². The topological polar surface area (TPSA) is 96.3 Å². The lowest BCUT2D eigenvalue weighted by Crippen LogP contribution is -2.27. The van der Waals surface area contributed by atoms with Crippen molar-refractivity contribution in [3.8, 4) is 0 Å². The van der Waals surface area contributed by atoms with Gasteiger partial charge in [0.25, 0.3) is 0 Å². The van der Waals surface area contributed by atoms with Gasteiger partial charge < -0.3 is 10.6 Å². The second kappa shape index (κ2) is 11.0. The molecule has 7 nitrogen and oxygen atoms in total. The first-order chi connectivity index (χ1) is 17.9. The van der Waals surface area contributed by atoms with Gasteiger partial charge in [0.1, 0.15) is 12.4 Å². The van der Waals surface area contributed by atoms with Crippen molar-refractivity contribution in [2.75, 3.05) is 10.6 Å². The third-order valence-electron chi connectivity index (χ3n) is 5.82. The summed E-state index contributed by atoms with van der Waals surface area (Å²) in [4.78, 5) is 38.4. The van der Waals surface area contributed by atoms with Crippen LogP contribution < -0.4 is 10.6 Å². The molecule has 37 heavy (non-hydrogen) atoms. The lowest BCUT2D eigenvalue weighted by atomic mass is 10.00. The van der Waals surface area contributed by atoms with E-state index >= 15 is 0 Å². The van der Waals surface area contributed by atoms with Crippen LogP contribution in [-0.4, -0.2) is 33.5 Å². The number of aliphatic imine (C=N–C) groups is 1. The number of nitrogens with one attached hydrogen (secondary N) is 2. The molecule has 0 saturated carbocycles. The van der Waals surface area contributed by atoms with E-state index in [0.29, 0.717) is 28.5 Å². The Balaban J connectivity index is 1.43. The molecule has 0 radical (unpaired) electrons. The van der Waals surface area contributed by atoms with Gasteiger partial charge in [0.2, 0.25) is 11.8 Å². The largest absolute Gasteiger partial charge is 0.326 e. The van der Waals surface area contributed by atoms with E-state index in [1.807, 2.05) is 54.6 Å². The maximum absolute atomic E-state index is 13.2. The summed E-state index contributed by atoms with van der Waals surface area (Å²) in [6.45, 7) is 0. The van der Waals surface area contributed by atoms with Crippen LogP contribution in [0.15, 0.2) is 94.9 Å². The number of fused-ring (bicyclic) bond motifs is 1. The van der Waals surface area contributed by atoms with Crippen molar-refractivity contribution in [3.05, 3.63) is 117 Å². The Morgan fingerprint density at radius 2 is 1.78 bits per heavy atom. The molecule has 184 valence electrons. The average Bonchev–Trinajstić information content (AvgIpc) is 3.01. The molecule has 0 fully saturated rings. The smallest absolute Gasteiger partial charge is 0.249 e. The second-order valence-electron chi connectivity index (χ2n) is 8.56. The molecule has 1 aliphatic heterocycles. The van der Waals surface area contributed by atoms with Crippen LogP contribution in [0.2, 0.25) is 5.02 Å². The minimum absolute atomic E-state index is 0.168. The number of halogens is 2. The van der Waals surface area contributed by atoms with Crippen LogP contribution in [0.5, 0.6) is 0 Å². The van der Waals surface area contributed by atoms with Crippen molar-refractivity contribution >= 4 is 56.4 Å². The van der Waals surface area contributed by atoms with Crippen LogP contribution in [0.4, 0.5) is 11.4 Å².